The fourth-order valence-electron chi connectivity index (χ4n) is 3.03. The molecule has 0 aliphatic rings. The lowest BCUT2D eigenvalue weighted by atomic mass is 10.1. The molecule has 5 nitrogen and oxygen atoms in total. The Bertz CT molecular complexity index is 968. The smallest absolute Gasteiger partial charge is 0.290 e. The number of benzene rings is 2. The van der Waals surface area contributed by atoms with Crippen LogP contribution in [0, 0.1) is 20.8 Å². The van der Waals surface area contributed by atoms with Gasteiger partial charge in [-0.2, -0.15) is 0 Å². The van der Waals surface area contributed by atoms with Crippen molar-refractivity contribution in [3.8, 4) is 0 Å². The monoisotopic (exact) mass is 350 g/mol. The number of aryl methyl sites for hydroxylation is 3. The number of anilines is 1. The van der Waals surface area contributed by atoms with E-state index in [2.05, 4.69) is 5.32 Å². The molecule has 1 N–H and O–H groups in total. The minimum Gasteiger partial charge on any atom is -0.451 e. The number of amides is 2. The molecule has 5 heteroatoms. The number of rotatable bonds is 4. The summed E-state index contributed by atoms with van der Waals surface area (Å²) in [5.41, 5.74) is 4.22. The van der Waals surface area contributed by atoms with Crippen LogP contribution in [0.5, 0.6) is 0 Å². The quantitative estimate of drug-likeness (QED) is 0.771. The second kappa shape index (κ2) is 7.04. The highest BCUT2D eigenvalue weighted by Gasteiger charge is 2.22. The van der Waals surface area contributed by atoms with Crippen LogP contribution in [-0.2, 0) is 4.79 Å². The van der Waals surface area contributed by atoms with Gasteiger partial charge in [-0.15, -0.1) is 0 Å². The van der Waals surface area contributed by atoms with E-state index in [-0.39, 0.29) is 24.1 Å². The fraction of sp³-hybridized carbons (Fsp3) is 0.238. The lowest BCUT2D eigenvalue weighted by Crippen LogP contribution is -2.35. The molecule has 0 unspecified atom stereocenters. The summed E-state index contributed by atoms with van der Waals surface area (Å²) in [6.45, 7) is 5.68. The average Bonchev–Trinajstić information content (AvgIpc) is 2.95. The van der Waals surface area contributed by atoms with Gasteiger partial charge in [-0.25, -0.2) is 0 Å². The van der Waals surface area contributed by atoms with Crippen LogP contribution in [0.3, 0.4) is 0 Å². The maximum atomic E-state index is 12.7. The summed E-state index contributed by atoms with van der Waals surface area (Å²) in [4.78, 5) is 26.5. The van der Waals surface area contributed by atoms with E-state index in [0.29, 0.717) is 5.58 Å². The van der Waals surface area contributed by atoms with Gasteiger partial charge in [0, 0.05) is 23.7 Å². The van der Waals surface area contributed by atoms with Gasteiger partial charge in [0.2, 0.25) is 5.91 Å². The molecule has 3 aromatic rings. The highest BCUT2D eigenvalue weighted by atomic mass is 16.3. The maximum Gasteiger partial charge on any atom is 0.290 e. The summed E-state index contributed by atoms with van der Waals surface area (Å²) >= 11 is 0. The van der Waals surface area contributed by atoms with E-state index in [9.17, 15) is 9.59 Å². The number of carbonyl (C=O) groups excluding carboxylic acids is 2. The summed E-state index contributed by atoms with van der Waals surface area (Å²) < 4.78 is 5.70. The number of carbonyl (C=O) groups is 2. The molecule has 0 aliphatic heterocycles. The predicted molar refractivity (Wildman–Crippen MR) is 102 cm³/mol. The third-order valence-corrected chi connectivity index (χ3v) is 4.51. The van der Waals surface area contributed by atoms with E-state index in [0.717, 1.165) is 27.8 Å². The van der Waals surface area contributed by atoms with Gasteiger partial charge in [-0.3, -0.25) is 9.59 Å². The van der Waals surface area contributed by atoms with Crippen molar-refractivity contribution in [3.05, 3.63) is 64.9 Å². The minimum atomic E-state index is -0.310. The molecule has 26 heavy (non-hydrogen) atoms. The fourth-order valence-corrected chi connectivity index (χ4v) is 3.03. The van der Waals surface area contributed by atoms with Gasteiger partial charge in [0.15, 0.2) is 5.76 Å². The summed E-state index contributed by atoms with van der Waals surface area (Å²) in [5, 5.41) is 3.80. The maximum absolute atomic E-state index is 12.7. The Hall–Kier alpha value is -3.08. The van der Waals surface area contributed by atoms with Gasteiger partial charge in [0.25, 0.3) is 5.91 Å². The highest BCUT2D eigenvalue weighted by Crippen LogP contribution is 2.26. The lowest BCUT2D eigenvalue weighted by Gasteiger charge is -2.17. The molecule has 134 valence electrons. The Morgan fingerprint density at radius 3 is 2.31 bits per heavy atom. The Morgan fingerprint density at radius 2 is 1.65 bits per heavy atom. The predicted octanol–water partition coefficient (Wildman–Crippen LogP) is 4.07. The molecule has 1 heterocycles. The Balaban J connectivity index is 1.74. The molecule has 0 radical (unpaired) electrons. The molecule has 3 rings (SSSR count). The van der Waals surface area contributed by atoms with Crippen molar-refractivity contribution in [2.45, 2.75) is 20.8 Å². The Kier molecular flexibility index (Phi) is 4.80. The summed E-state index contributed by atoms with van der Waals surface area (Å²) in [6, 6.07) is 13.3. The van der Waals surface area contributed by atoms with Crippen molar-refractivity contribution >= 4 is 28.5 Å². The van der Waals surface area contributed by atoms with Crippen LogP contribution in [0.2, 0.25) is 0 Å². The second-order valence-electron chi connectivity index (χ2n) is 6.53. The molecule has 0 aliphatic carbocycles. The number of fused-ring (bicyclic) bond motifs is 1. The van der Waals surface area contributed by atoms with E-state index >= 15 is 0 Å². The number of nitrogens with zero attached hydrogens (tertiary/aromatic N) is 1. The molecule has 0 spiro atoms. The van der Waals surface area contributed by atoms with Crippen molar-refractivity contribution in [2.24, 2.45) is 0 Å². The number of hydrogen-bond acceptors (Lipinski definition) is 3. The normalized spacial score (nSPS) is 10.8. The van der Waals surface area contributed by atoms with Crippen molar-refractivity contribution in [2.75, 3.05) is 18.9 Å². The van der Waals surface area contributed by atoms with Crippen LogP contribution >= 0.6 is 0 Å². The van der Waals surface area contributed by atoms with Crippen molar-refractivity contribution in [3.63, 3.8) is 0 Å². The second-order valence-corrected chi connectivity index (χ2v) is 6.53. The largest absolute Gasteiger partial charge is 0.451 e. The van der Waals surface area contributed by atoms with Crippen molar-refractivity contribution < 1.29 is 14.0 Å². The van der Waals surface area contributed by atoms with Gasteiger partial charge in [-0.1, -0.05) is 36.4 Å². The summed E-state index contributed by atoms with van der Waals surface area (Å²) in [7, 11) is 1.60. The van der Waals surface area contributed by atoms with Crippen LogP contribution in [0.4, 0.5) is 5.69 Å². The summed E-state index contributed by atoms with van der Waals surface area (Å²) in [5.74, 6) is -0.282. The Morgan fingerprint density at radius 1 is 1.00 bits per heavy atom. The molecule has 2 amide bonds. The molecule has 0 fully saturated rings. The molecular formula is C21H22N2O3. The van der Waals surface area contributed by atoms with Crippen LogP contribution in [0.25, 0.3) is 11.0 Å². The van der Waals surface area contributed by atoms with E-state index < -0.39 is 0 Å². The van der Waals surface area contributed by atoms with E-state index in [1.54, 1.807) is 7.05 Å². The highest BCUT2D eigenvalue weighted by molar-refractivity contribution is 6.02. The Labute approximate surface area is 152 Å². The minimum absolute atomic E-state index is 0.0525. The lowest BCUT2D eigenvalue weighted by molar-refractivity contribution is -0.116. The zero-order valence-corrected chi connectivity index (χ0v) is 15.4. The van der Waals surface area contributed by atoms with Crippen LogP contribution in [0.1, 0.15) is 27.2 Å². The average molecular weight is 350 g/mol. The number of likely N-dealkylation sites (N-methyl/N-ethyl adjacent to an activating group) is 1. The van der Waals surface area contributed by atoms with E-state index in [1.807, 2.05) is 63.2 Å². The molecular weight excluding hydrogens is 328 g/mol. The van der Waals surface area contributed by atoms with Crippen LogP contribution in [-0.4, -0.2) is 30.3 Å². The van der Waals surface area contributed by atoms with Gasteiger partial charge in [0.1, 0.15) is 5.58 Å². The molecule has 2 aromatic carbocycles. The first-order valence-corrected chi connectivity index (χ1v) is 8.48. The zero-order chi connectivity index (χ0) is 18.8. The van der Waals surface area contributed by atoms with Crippen molar-refractivity contribution in [1.29, 1.82) is 0 Å². The molecule has 0 bridgehead atoms. The van der Waals surface area contributed by atoms with Crippen molar-refractivity contribution in [1.82, 2.24) is 4.90 Å². The molecule has 0 atom stereocenters. The van der Waals surface area contributed by atoms with Gasteiger partial charge < -0.3 is 14.6 Å². The van der Waals surface area contributed by atoms with E-state index in [4.69, 9.17) is 4.42 Å². The van der Waals surface area contributed by atoms with Gasteiger partial charge in [-0.05, 0) is 38.0 Å². The van der Waals surface area contributed by atoms with Gasteiger partial charge >= 0.3 is 0 Å². The van der Waals surface area contributed by atoms with Crippen LogP contribution in [0.15, 0.2) is 46.9 Å². The first-order valence-electron chi connectivity index (χ1n) is 8.48. The van der Waals surface area contributed by atoms with Crippen LogP contribution < -0.4 is 5.32 Å². The number of hydrogen-bond donors (Lipinski definition) is 1. The third kappa shape index (κ3) is 3.33. The number of para-hydroxylation sites is 2. The standard InChI is InChI=1S/C21H22N2O3/c1-13-8-7-9-14(2)19(13)22-18(24)12-23(4)21(25)20-15(3)16-10-5-6-11-17(16)26-20/h5-11H,12H2,1-4H3,(H,22,24). The molecule has 0 saturated heterocycles. The first-order chi connectivity index (χ1) is 12.4. The number of furan rings is 1. The topological polar surface area (TPSA) is 62.6 Å². The molecule has 1 aromatic heterocycles. The number of nitrogens with one attached hydrogen (secondary N) is 1. The summed E-state index contributed by atoms with van der Waals surface area (Å²) in [6.07, 6.45) is 0. The SMILES string of the molecule is Cc1cccc(C)c1NC(=O)CN(C)C(=O)c1oc2ccccc2c1C. The van der Waals surface area contributed by atoms with Gasteiger partial charge in [0.05, 0.1) is 6.54 Å². The third-order valence-electron chi connectivity index (χ3n) is 4.51. The van der Waals surface area contributed by atoms with E-state index in [1.165, 1.54) is 4.90 Å². The molecule has 0 saturated carbocycles. The zero-order valence-electron chi connectivity index (χ0n) is 15.4. The first kappa shape index (κ1) is 17.7.